The minimum Gasteiger partial charge on any atom is -0.399 e. The fourth-order valence-electron chi connectivity index (χ4n) is 1.23. The van der Waals surface area contributed by atoms with Gasteiger partial charge in [-0.05, 0) is 18.2 Å². The van der Waals surface area contributed by atoms with Crippen molar-refractivity contribution in [2.75, 3.05) is 5.73 Å². The van der Waals surface area contributed by atoms with E-state index in [0.29, 0.717) is 11.4 Å². The van der Waals surface area contributed by atoms with E-state index in [-0.39, 0.29) is 5.82 Å². The molecule has 2 N–H and O–H groups in total. The number of benzene rings is 1. The van der Waals surface area contributed by atoms with Gasteiger partial charge in [-0.3, -0.25) is 9.97 Å². The van der Waals surface area contributed by atoms with Crippen LogP contribution < -0.4 is 5.73 Å². The number of hydrogen-bond acceptors (Lipinski definition) is 4. The molecule has 2 aromatic rings. The third-order valence-electron chi connectivity index (χ3n) is 1.90. The molecule has 1 aromatic heterocycles. The molecule has 0 aliphatic carbocycles. The lowest BCUT2D eigenvalue weighted by atomic mass is 10.3. The molecule has 0 fully saturated rings. The molecule has 16 heavy (non-hydrogen) atoms. The van der Waals surface area contributed by atoms with Crippen LogP contribution in [0.3, 0.4) is 0 Å². The zero-order valence-electron chi connectivity index (χ0n) is 8.43. The van der Waals surface area contributed by atoms with E-state index in [1.54, 1.807) is 24.7 Å². The van der Waals surface area contributed by atoms with Crippen molar-refractivity contribution in [3.05, 3.63) is 48.3 Å². The number of thioether (sulfide) groups is 1. The van der Waals surface area contributed by atoms with E-state index in [9.17, 15) is 4.39 Å². The van der Waals surface area contributed by atoms with Crippen LogP contribution in [-0.2, 0) is 5.75 Å². The zero-order chi connectivity index (χ0) is 11.4. The number of aromatic nitrogens is 2. The summed E-state index contributed by atoms with van der Waals surface area (Å²) in [5.41, 5.74) is 6.84. The average Bonchev–Trinajstić information content (AvgIpc) is 2.27. The van der Waals surface area contributed by atoms with Crippen molar-refractivity contribution >= 4 is 17.4 Å². The Kier molecular flexibility index (Phi) is 3.36. The zero-order valence-corrected chi connectivity index (χ0v) is 9.25. The van der Waals surface area contributed by atoms with Crippen LogP contribution in [0.15, 0.2) is 41.7 Å². The Balaban J connectivity index is 2.05. The first-order chi connectivity index (χ1) is 7.74. The molecule has 0 spiro atoms. The highest BCUT2D eigenvalue weighted by atomic mass is 32.2. The molecule has 5 heteroatoms. The fourth-order valence-corrected chi connectivity index (χ4v) is 2.11. The number of rotatable bonds is 3. The summed E-state index contributed by atoms with van der Waals surface area (Å²) < 4.78 is 13.0. The van der Waals surface area contributed by atoms with Crippen molar-refractivity contribution in [1.82, 2.24) is 9.97 Å². The van der Waals surface area contributed by atoms with Crippen LogP contribution in [0.1, 0.15) is 5.69 Å². The first kappa shape index (κ1) is 10.9. The van der Waals surface area contributed by atoms with Crippen LogP contribution in [0.2, 0.25) is 0 Å². The van der Waals surface area contributed by atoms with Gasteiger partial charge < -0.3 is 5.73 Å². The Morgan fingerprint density at radius 1 is 1.25 bits per heavy atom. The van der Waals surface area contributed by atoms with Crippen LogP contribution >= 0.6 is 11.8 Å². The lowest BCUT2D eigenvalue weighted by molar-refractivity contribution is 0.625. The maximum atomic E-state index is 13.0. The molecule has 2 rings (SSSR count). The number of anilines is 1. The van der Waals surface area contributed by atoms with E-state index in [1.807, 2.05) is 0 Å². The second-order valence-corrected chi connectivity index (χ2v) is 4.25. The normalized spacial score (nSPS) is 10.3. The Hall–Kier alpha value is -1.62. The van der Waals surface area contributed by atoms with Gasteiger partial charge in [0.1, 0.15) is 5.82 Å². The standard InChI is InChI=1S/C11H10FN3S/c12-8-3-9(13)5-11(4-8)16-7-10-6-14-1-2-15-10/h1-6H,7,13H2. The van der Waals surface area contributed by atoms with Crippen LogP contribution in [0.25, 0.3) is 0 Å². The summed E-state index contributed by atoms with van der Waals surface area (Å²) in [6.45, 7) is 0. The first-order valence-corrected chi connectivity index (χ1v) is 5.66. The van der Waals surface area contributed by atoms with Gasteiger partial charge in [0.25, 0.3) is 0 Å². The molecule has 1 aromatic carbocycles. The molecule has 0 saturated heterocycles. The molecule has 82 valence electrons. The largest absolute Gasteiger partial charge is 0.399 e. The summed E-state index contributed by atoms with van der Waals surface area (Å²) >= 11 is 1.48. The molecule has 0 radical (unpaired) electrons. The van der Waals surface area contributed by atoms with Gasteiger partial charge in [0.05, 0.1) is 5.69 Å². The number of nitrogens with zero attached hydrogens (tertiary/aromatic N) is 2. The van der Waals surface area contributed by atoms with Crippen molar-refractivity contribution in [3.63, 3.8) is 0 Å². The van der Waals surface area contributed by atoms with Gasteiger partial charge in [-0.1, -0.05) is 0 Å². The van der Waals surface area contributed by atoms with Crippen molar-refractivity contribution in [3.8, 4) is 0 Å². The van der Waals surface area contributed by atoms with Crippen molar-refractivity contribution in [2.24, 2.45) is 0 Å². The average molecular weight is 235 g/mol. The lowest BCUT2D eigenvalue weighted by Gasteiger charge is -2.02. The SMILES string of the molecule is Nc1cc(F)cc(SCc2cnccn2)c1. The summed E-state index contributed by atoms with van der Waals surface area (Å²) in [5, 5.41) is 0. The van der Waals surface area contributed by atoms with Crippen molar-refractivity contribution in [1.29, 1.82) is 0 Å². The van der Waals surface area contributed by atoms with Gasteiger partial charge in [-0.15, -0.1) is 11.8 Å². The third kappa shape index (κ3) is 2.93. The fraction of sp³-hybridized carbons (Fsp3) is 0.0909. The van der Waals surface area contributed by atoms with Gasteiger partial charge in [-0.25, -0.2) is 4.39 Å². The summed E-state index contributed by atoms with van der Waals surface area (Å²) in [5.74, 6) is 0.332. The highest BCUT2D eigenvalue weighted by molar-refractivity contribution is 7.98. The van der Waals surface area contributed by atoms with E-state index in [1.165, 1.54) is 23.9 Å². The molecule has 0 atom stereocenters. The van der Waals surface area contributed by atoms with Crippen LogP contribution in [0, 0.1) is 5.82 Å². The van der Waals surface area contributed by atoms with Crippen molar-refractivity contribution in [2.45, 2.75) is 10.6 Å². The van der Waals surface area contributed by atoms with Gasteiger partial charge >= 0.3 is 0 Å². The maximum absolute atomic E-state index is 13.0. The molecule has 0 unspecified atom stereocenters. The Bertz CT molecular complexity index is 456. The Morgan fingerprint density at radius 2 is 2.12 bits per heavy atom. The summed E-state index contributed by atoms with van der Waals surface area (Å²) in [6, 6.07) is 4.49. The number of hydrogen-bond donors (Lipinski definition) is 1. The van der Waals surface area contributed by atoms with Gasteiger partial charge in [-0.2, -0.15) is 0 Å². The van der Waals surface area contributed by atoms with E-state index in [4.69, 9.17) is 5.73 Å². The monoisotopic (exact) mass is 235 g/mol. The molecular formula is C11H10FN3S. The minimum atomic E-state index is -0.318. The van der Waals surface area contributed by atoms with E-state index in [2.05, 4.69) is 9.97 Å². The molecule has 0 amide bonds. The molecule has 1 heterocycles. The first-order valence-electron chi connectivity index (χ1n) is 4.68. The van der Waals surface area contributed by atoms with E-state index < -0.39 is 0 Å². The number of nitrogens with two attached hydrogens (primary N) is 1. The maximum Gasteiger partial charge on any atom is 0.126 e. The second kappa shape index (κ2) is 4.94. The molecular weight excluding hydrogens is 225 g/mol. The summed E-state index contributed by atoms with van der Waals surface area (Å²) in [7, 11) is 0. The van der Waals surface area contributed by atoms with Crippen molar-refractivity contribution < 1.29 is 4.39 Å². The summed E-state index contributed by atoms with van der Waals surface area (Å²) in [6.07, 6.45) is 4.94. The third-order valence-corrected chi connectivity index (χ3v) is 2.91. The van der Waals surface area contributed by atoms with E-state index >= 15 is 0 Å². The minimum absolute atomic E-state index is 0.318. The van der Waals surface area contributed by atoms with Gasteiger partial charge in [0.15, 0.2) is 0 Å². The smallest absolute Gasteiger partial charge is 0.126 e. The number of halogens is 1. The van der Waals surface area contributed by atoms with Gasteiger partial charge in [0, 0.05) is 34.9 Å². The molecule has 0 bridgehead atoms. The van der Waals surface area contributed by atoms with Gasteiger partial charge in [0.2, 0.25) is 0 Å². The Morgan fingerprint density at radius 3 is 2.81 bits per heavy atom. The number of nitrogen functional groups attached to an aromatic ring is 1. The second-order valence-electron chi connectivity index (χ2n) is 3.21. The molecule has 0 aliphatic rings. The molecule has 0 aliphatic heterocycles. The van der Waals surface area contributed by atoms with Crippen LogP contribution in [0.5, 0.6) is 0 Å². The van der Waals surface area contributed by atoms with Crippen LogP contribution in [-0.4, -0.2) is 9.97 Å². The van der Waals surface area contributed by atoms with Crippen LogP contribution in [0.4, 0.5) is 10.1 Å². The highest BCUT2D eigenvalue weighted by Crippen LogP contribution is 2.24. The molecule has 0 saturated carbocycles. The highest BCUT2D eigenvalue weighted by Gasteiger charge is 2.01. The Labute approximate surface area is 96.9 Å². The predicted octanol–water partition coefficient (Wildman–Crippen LogP) is 2.49. The predicted molar refractivity (Wildman–Crippen MR) is 62.4 cm³/mol. The van der Waals surface area contributed by atoms with E-state index in [0.717, 1.165) is 10.6 Å². The summed E-state index contributed by atoms with van der Waals surface area (Å²) in [4.78, 5) is 8.88. The molecule has 3 nitrogen and oxygen atoms in total. The quantitative estimate of drug-likeness (QED) is 0.656. The lowest BCUT2D eigenvalue weighted by Crippen LogP contribution is -1.89. The topological polar surface area (TPSA) is 51.8 Å².